The predicted octanol–water partition coefficient (Wildman–Crippen LogP) is 18.9. The number of hydrogen-bond acceptors (Lipinski definition) is 2. The highest BCUT2D eigenvalue weighted by Crippen LogP contribution is 2.46. The van der Waals surface area contributed by atoms with E-state index in [4.69, 9.17) is 9.97 Å². The van der Waals surface area contributed by atoms with Crippen LogP contribution in [0.15, 0.2) is 279 Å². The molecule has 0 amide bonds. The van der Waals surface area contributed by atoms with E-state index in [0.717, 1.165) is 145 Å². The van der Waals surface area contributed by atoms with Crippen molar-refractivity contribution in [2.45, 2.75) is 6.92 Å². The van der Waals surface area contributed by atoms with E-state index in [1.54, 1.807) is 0 Å². The van der Waals surface area contributed by atoms with Crippen LogP contribution in [0, 0.1) is 6.92 Å². The molecule has 17 rings (SSSR count). The van der Waals surface area contributed by atoms with E-state index in [2.05, 4.69) is 308 Å². The van der Waals surface area contributed by atoms with Gasteiger partial charge in [-0.1, -0.05) is 212 Å². The predicted molar refractivity (Wildman–Crippen MR) is 339 cm³/mol. The zero-order chi connectivity index (χ0) is 54.0. The number of aromatic nitrogens is 7. The van der Waals surface area contributed by atoms with Gasteiger partial charge in [0, 0.05) is 21.9 Å². The summed E-state index contributed by atoms with van der Waals surface area (Å²) in [6, 6.07) is 101. The van der Waals surface area contributed by atoms with Gasteiger partial charge in [-0.25, -0.2) is 9.97 Å². The first-order valence-corrected chi connectivity index (χ1v) is 28.0. The standard InChI is InChI=1S/C75H49N7/c1-48-72(81-65-41-37-56(51-25-11-4-12-26-51)45-69(65)79-67-43-54(49-21-7-2-8-22-49)35-39-61(67)76-74(79)81)60(53-29-15-6-16-30-53)47-71(78-63-33-19-17-31-58(63)59-32-18-20-34-64(59)78)73(48)82-66-42-38-57(52-27-13-5-14-28-52)46-70(66)80-68-44-55(50-23-9-3-10-24-50)36-40-62(68)77-75(80)82/h2-47H,1H3. The molecule has 12 aromatic carbocycles. The van der Waals surface area contributed by atoms with Crippen molar-refractivity contribution in [1.82, 2.24) is 32.5 Å². The van der Waals surface area contributed by atoms with Crippen LogP contribution in [0.3, 0.4) is 0 Å². The maximum atomic E-state index is 5.72. The van der Waals surface area contributed by atoms with Gasteiger partial charge < -0.3 is 4.57 Å². The van der Waals surface area contributed by atoms with E-state index in [1.807, 2.05) is 0 Å². The van der Waals surface area contributed by atoms with Crippen LogP contribution >= 0.6 is 0 Å². The molecule has 0 fully saturated rings. The number of fused-ring (bicyclic) bond motifs is 13. The molecule has 384 valence electrons. The SMILES string of the molecule is Cc1c(-n2c3ccc(-c4ccccc4)cc3n3c4cc(-c5ccccc5)ccc4nc23)c(-c2ccccc2)cc(-n2c3ccccc3c3ccccc32)c1-n1c2ccc(-c3ccccc3)cc2n2c3cc(-c4ccccc4)ccc3nc12. The van der Waals surface area contributed by atoms with Gasteiger partial charge in [-0.15, -0.1) is 0 Å². The summed E-state index contributed by atoms with van der Waals surface area (Å²) in [5.41, 5.74) is 25.8. The van der Waals surface area contributed by atoms with Crippen LogP contribution in [0.1, 0.15) is 5.56 Å². The van der Waals surface area contributed by atoms with Gasteiger partial charge >= 0.3 is 0 Å². The molecule has 0 atom stereocenters. The molecule has 0 bridgehead atoms. The van der Waals surface area contributed by atoms with E-state index < -0.39 is 0 Å². The molecule has 5 aromatic heterocycles. The molecule has 0 unspecified atom stereocenters. The third-order valence-electron chi connectivity index (χ3n) is 16.9. The van der Waals surface area contributed by atoms with Crippen molar-refractivity contribution in [1.29, 1.82) is 0 Å². The third-order valence-corrected chi connectivity index (χ3v) is 16.9. The van der Waals surface area contributed by atoms with Crippen molar-refractivity contribution in [2.24, 2.45) is 0 Å². The molecule has 0 aliphatic rings. The zero-order valence-electron chi connectivity index (χ0n) is 44.7. The topological polar surface area (TPSA) is 49.4 Å². The highest BCUT2D eigenvalue weighted by atomic mass is 15.2. The van der Waals surface area contributed by atoms with Gasteiger partial charge in [-0.2, -0.15) is 0 Å². The summed E-state index contributed by atoms with van der Waals surface area (Å²) in [7, 11) is 0. The van der Waals surface area contributed by atoms with Crippen LogP contribution < -0.4 is 0 Å². The minimum atomic E-state index is 0.818. The van der Waals surface area contributed by atoms with Crippen molar-refractivity contribution in [3.63, 3.8) is 0 Å². The Morgan fingerprint density at radius 1 is 0.256 bits per heavy atom. The molecule has 82 heavy (non-hydrogen) atoms. The molecule has 17 aromatic rings. The fraction of sp³-hybridized carbons (Fsp3) is 0.0133. The molecule has 0 saturated heterocycles. The summed E-state index contributed by atoms with van der Waals surface area (Å²) in [5.74, 6) is 1.64. The molecule has 7 nitrogen and oxygen atoms in total. The average molecular weight is 1050 g/mol. The van der Waals surface area contributed by atoms with Crippen molar-refractivity contribution in [3.05, 3.63) is 285 Å². The van der Waals surface area contributed by atoms with Crippen molar-refractivity contribution in [2.75, 3.05) is 0 Å². The lowest BCUT2D eigenvalue weighted by Gasteiger charge is -2.24. The molecule has 0 spiro atoms. The largest absolute Gasteiger partial charge is 0.307 e. The second-order valence-electron chi connectivity index (χ2n) is 21.4. The second kappa shape index (κ2) is 18.0. The third kappa shape index (κ3) is 6.90. The quantitative estimate of drug-likeness (QED) is 0.152. The highest BCUT2D eigenvalue weighted by Gasteiger charge is 2.30. The molecular formula is C75H49N7. The van der Waals surface area contributed by atoms with Gasteiger partial charge in [0.15, 0.2) is 0 Å². The zero-order valence-corrected chi connectivity index (χ0v) is 44.7. The highest BCUT2D eigenvalue weighted by molar-refractivity contribution is 6.10. The van der Waals surface area contributed by atoms with Gasteiger partial charge in [0.1, 0.15) is 0 Å². The molecule has 7 heteroatoms. The summed E-state index contributed by atoms with van der Waals surface area (Å²) in [6.45, 7) is 2.32. The van der Waals surface area contributed by atoms with E-state index in [0.29, 0.717) is 0 Å². The smallest absolute Gasteiger partial charge is 0.220 e. The number of hydrogen-bond donors (Lipinski definition) is 0. The summed E-state index contributed by atoms with van der Waals surface area (Å²) < 4.78 is 12.2. The fourth-order valence-corrected chi connectivity index (χ4v) is 13.1. The lowest BCUT2D eigenvalue weighted by Crippen LogP contribution is -2.11. The Labute approximate surface area is 471 Å². The fourth-order valence-electron chi connectivity index (χ4n) is 13.1. The lowest BCUT2D eigenvalue weighted by atomic mass is 9.96. The first-order valence-electron chi connectivity index (χ1n) is 28.0. The number of para-hydroxylation sites is 2. The van der Waals surface area contributed by atoms with Crippen LogP contribution in [0.2, 0.25) is 0 Å². The summed E-state index contributed by atoms with van der Waals surface area (Å²) in [4.78, 5) is 11.4. The summed E-state index contributed by atoms with van der Waals surface area (Å²) in [6.07, 6.45) is 0. The maximum Gasteiger partial charge on any atom is 0.220 e. The molecule has 0 saturated carbocycles. The number of benzene rings is 12. The Bertz CT molecular complexity index is 5320. The van der Waals surface area contributed by atoms with Gasteiger partial charge in [-0.3, -0.25) is 17.9 Å². The summed E-state index contributed by atoms with van der Waals surface area (Å²) in [5, 5.41) is 2.38. The molecular weight excluding hydrogens is 999 g/mol. The van der Waals surface area contributed by atoms with Gasteiger partial charge in [0.05, 0.1) is 72.2 Å². The molecule has 0 N–H and O–H groups in total. The van der Waals surface area contributed by atoms with Crippen LogP contribution in [0.25, 0.3) is 150 Å². The Balaban J connectivity index is 1.06. The minimum absolute atomic E-state index is 0.818. The lowest BCUT2D eigenvalue weighted by molar-refractivity contribution is 1.02. The van der Waals surface area contributed by atoms with Crippen LogP contribution in [0.4, 0.5) is 0 Å². The van der Waals surface area contributed by atoms with Crippen molar-refractivity contribution < 1.29 is 0 Å². The number of rotatable bonds is 8. The minimum Gasteiger partial charge on any atom is -0.307 e. The summed E-state index contributed by atoms with van der Waals surface area (Å²) >= 11 is 0. The second-order valence-corrected chi connectivity index (χ2v) is 21.4. The van der Waals surface area contributed by atoms with Crippen molar-refractivity contribution in [3.8, 4) is 72.7 Å². The monoisotopic (exact) mass is 1050 g/mol. The van der Waals surface area contributed by atoms with Crippen molar-refractivity contribution >= 4 is 77.5 Å². The number of nitrogens with zero attached hydrogens (tertiary/aromatic N) is 7. The van der Waals surface area contributed by atoms with Gasteiger partial charge in [0.2, 0.25) is 11.6 Å². The Morgan fingerprint density at radius 2 is 0.610 bits per heavy atom. The molecule has 0 aliphatic carbocycles. The van der Waals surface area contributed by atoms with E-state index in [1.165, 1.54) is 10.8 Å². The normalized spacial score (nSPS) is 12.0. The average Bonchev–Trinajstić information content (AvgIpc) is 2.16. The molecule has 0 radical (unpaired) electrons. The maximum absolute atomic E-state index is 5.72. The molecule has 5 heterocycles. The molecule has 0 aliphatic heterocycles. The van der Waals surface area contributed by atoms with E-state index in [9.17, 15) is 0 Å². The number of imidazole rings is 4. The Morgan fingerprint density at radius 3 is 1.04 bits per heavy atom. The van der Waals surface area contributed by atoms with E-state index in [-0.39, 0.29) is 0 Å². The first kappa shape index (κ1) is 45.9. The van der Waals surface area contributed by atoms with Crippen LogP contribution in [-0.4, -0.2) is 32.5 Å². The van der Waals surface area contributed by atoms with Crippen LogP contribution in [-0.2, 0) is 0 Å². The Hall–Kier alpha value is -11.0. The van der Waals surface area contributed by atoms with Crippen LogP contribution in [0.5, 0.6) is 0 Å². The Kier molecular flexibility index (Phi) is 10.1. The van der Waals surface area contributed by atoms with E-state index >= 15 is 0 Å². The van der Waals surface area contributed by atoms with Gasteiger partial charge in [0.25, 0.3) is 0 Å². The first-order chi connectivity index (χ1) is 40.6. The van der Waals surface area contributed by atoms with Gasteiger partial charge in [-0.05, 0) is 124 Å².